The van der Waals surface area contributed by atoms with Crippen LogP contribution in [-0.2, 0) is 4.79 Å². The summed E-state index contributed by atoms with van der Waals surface area (Å²) in [6.45, 7) is -1.18. The van der Waals surface area contributed by atoms with Crippen molar-refractivity contribution in [3.63, 3.8) is 0 Å². The van der Waals surface area contributed by atoms with E-state index in [2.05, 4.69) is 4.74 Å². The van der Waals surface area contributed by atoms with E-state index in [4.69, 9.17) is 18.6 Å². The molecule has 0 saturated heterocycles. The molecule has 0 bridgehead atoms. The van der Waals surface area contributed by atoms with E-state index in [0.717, 1.165) is 0 Å². The van der Waals surface area contributed by atoms with Crippen LogP contribution in [-0.4, -0.2) is 26.8 Å². The highest BCUT2D eigenvalue weighted by molar-refractivity contribution is 5.84. The lowest BCUT2D eigenvalue weighted by Crippen LogP contribution is -2.19. The van der Waals surface area contributed by atoms with Crippen molar-refractivity contribution in [2.45, 2.75) is 0 Å². The number of halogens is 5. The SMILES string of the molecule is COc1ccc(-c2coc3cc(OC(=O)COc4c(F)c(F)c(F)c(F)c4F)ccc3c2=O)cc1OC. The summed E-state index contributed by atoms with van der Waals surface area (Å²) in [5.41, 5.74) is 0.352. The van der Waals surface area contributed by atoms with Crippen molar-refractivity contribution in [3.8, 4) is 34.1 Å². The van der Waals surface area contributed by atoms with Crippen LogP contribution in [0.4, 0.5) is 22.0 Å². The molecule has 0 aliphatic heterocycles. The fourth-order valence-electron chi connectivity index (χ4n) is 3.38. The number of esters is 1. The summed E-state index contributed by atoms with van der Waals surface area (Å²) < 4.78 is 92.3. The zero-order chi connectivity index (χ0) is 26.9. The minimum Gasteiger partial charge on any atom is -0.493 e. The monoisotopic (exact) mass is 522 g/mol. The summed E-state index contributed by atoms with van der Waals surface area (Å²) in [6, 6.07) is 8.62. The molecule has 37 heavy (non-hydrogen) atoms. The number of ether oxygens (including phenoxy) is 4. The largest absolute Gasteiger partial charge is 0.493 e. The van der Waals surface area contributed by atoms with Crippen molar-refractivity contribution in [1.82, 2.24) is 0 Å². The van der Waals surface area contributed by atoms with E-state index in [0.29, 0.717) is 17.1 Å². The first kappa shape index (κ1) is 25.5. The van der Waals surface area contributed by atoms with Gasteiger partial charge >= 0.3 is 5.97 Å². The first-order valence-corrected chi connectivity index (χ1v) is 10.3. The fraction of sp³-hybridized carbons (Fsp3) is 0.120. The fourth-order valence-corrected chi connectivity index (χ4v) is 3.38. The van der Waals surface area contributed by atoms with Gasteiger partial charge in [-0.05, 0) is 29.8 Å². The number of methoxy groups -OCH3 is 2. The molecular formula is C25H15F5O7. The molecule has 0 saturated carbocycles. The Balaban J connectivity index is 1.53. The normalized spacial score (nSPS) is 10.9. The molecule has 0 spiro atoms. The maximum Gasteiger partial charge on any atom is 0.349 e. The van der Waals surface area contributed by atoms with E-state index in [1.807, 2.05) is 0 Å². The van der Waals surface area contributed by atoms with Crippen molar-refractivity contribution < 1.29 is 50.1 Å². The van der Waals surface area contributed by atoms with Crippen LogP contribution >= 0.6 is 0 Å². The average Bonchev–Trinajstić information content (AvgIpc) is 2.90. The minimum atomic E-state index is -2.36. The molecular weight excluding hydrogens is 507 g/mol. The van der Waals surface area contributed by atoms with E-state index >= 15 is 0 Å². The number of carbonyl (C=O) groups is 1. The second-order valence-electron chi connectivity index (χ2n) is 7.37. The molecule has 0 fully saturated rings. The third-order valence-corrected chi connectivity index (χ3v) is 5.18. The lowest BCUT2D eigenvalue weighted by Gasteiger charge is -2.11. The summed E-state index contributed by atoms with van der Waals surface area (Å²) in [5.74, 6) is -13.4. The molecule has 0 N–H and O–H groups in total. The summed E-state index contributed by atoms with van der Waals surface area (Å²) in [5, 5.41) is 0.143. The van der Waals surface area contributed by atoms with Crippen molar-refractivity contribution in [2.75, 3.05) is 20.8 Å². The van der Waals surface area contributed by atoms with E-state index < -0.39 is 52.8 Å². The van der Waals surface area contributed by atoms with Gasteiger partial charge in [0.15, 0.2) is 29.3 Å². The second kappa shape index (κ2) is 10.2. The van der Waals surface area contributed by atoms with Crippen LogP contribution in [0.3, 0.4) is 0 Å². The number of hydrogen-bond acceptors (Lipinski definition) is 7. The minimum absolute atomic E-state index is 0.0419. The third-order valence-electron chi connectivity index (χ3n) is 5.18. The smallest absolute Gasteiger partial charge is 0.349 e. The third kappa shape index (κ3) is 4.77. The molecule has 1 heterocycles. The molecule has 0 amide bonds. The first-order chi connectivity index (χ1) is 17.7. The maximum absolute atomic E-state index is 13.7. The van der Waals surface area contributed by atoms with Crippen LogP contribution in [0.25, 0.3) is 22.1 Å². The van der Waals surface area contributed by atoms with Gasteiger partial charge in [0.2, 0.25) is 29.1 Å². The van der Waals surface area contributed by atoms with Crippen molar-refractivity contribution in [3.05, 3.63) is 82.0 Å². The zero-order valence-electron chi connectivity index (χ0n) is 19.0. The Hall–Kier alpha value is -4.61. The molecule has 0 atom stereocenters. The Labute approximate surface area is 204 Å². The Kier molecular flexibility index (Phi) is 7.00. The van der Waals surface area contributed by atoms with Crippen LogP contribution in [0.2, 0.25) is 0 Å². The lowest BCUT2D eigenvalue weighted by atomic mass is 10.0. The molecule has 3 aromatic carbocycles. The number of rotatable bonds is 7. The van der Waals surface area contributed by atoms with Gasteiger partial charge in [-0.1, -0.05) is 6.07 Å². The number of hydrogen-bond donors (Lipinski definition) is 0. The predicted molar refractivity (Wildman–Crippen MR) is 118 cm³/mol. The lowest BCUT2D eigenvalue weighted by molar-refractivity contribution is -0.136. The topological polar surface area (TPSA) is 84.2 Å². The predicted octanol–water partition coefficient (Wildman–Crippen LogP) is 5.16. The van der Waals surface area contributed by atoms with E-state index in [1.165, 1.54) is 38.7 Å². The van der Waals surface area contributed by atoms with Gasteiger partial charge < -0.3 is 23.4 Å². The number of benzene rings is 3. The van der Waals surface area contributed by atoms with Crippen LogP contribution in [0.15, 0.2) is 51.9 Å². The van der Waals surface area contributed by atoms with Gasteiger partial charge in [0.05, 0.1) is 25.2 Å². The summed E-state index contributed by atoms with van der Waals surface area (Å²) in [7, 11) is 2.92. The molecule has 0 unspecified atom stereocenters. The standard InChI is InChI=1S/C25H15F5O7/c1-33-15-6-3-11(7-17(15)34-2)14-9-35-16-8-12(4-5-13(16)24(14)32)37-18(31)10-36-25-22(29)20(27)19(26)21(28)23(25)30/h3-9H,10H2,1-2H3. The molecule has 192 valence electrons. The van der Waals surface area contributed by atoms with Gasteiger partial charge in [0, 0.05) is 6.07 Å². The molecule has 0 radical (unpaired) electrons. The molecule has 0 aliphatic carbocycles. The Morgan fingerprint density at radius 2 is 1.49 bits per heavy atom. The Bertz CT molecular complexity index is 1550. The molecule has 12 heteroatoms. The highest BCUT2D eigenvalue weighted by Gasteiger charge is 2.27. The van der Waals surface area contributed by atoms with Gasteiger partial charge in [0.1, 0.15) is 17.6 Å². The van der Waals surface area contributed by atoms with Crippen molar-refractivity contribution >= 4 is 16.9 Å². The molecule has 4 aromatic rings. The van der Waals surface area contributed by atoms with Gasteiger partial charge in [0.25, 0.3) is 0 Å². The Morgan fingerprint density at radius 3 is 2.14 bits per heavy atom. The molecule has 4 rings (SSSR count). The van der Waals surface area contributed by atoms with Crippen molar-refractivity contribution in [2.24, 2.45) is 0 Å². The van der Waals surface area contributed by atoms with Crippen LogP contribution in [0.1, 0.15) is 0 Å². The first-order valence-electron chi connectivity index (χ1n) is 10.3. The quantitative estimate of drug-likeness (QED) is 0.109. The number of carbonyl (C=O) groups excluding carboxylic acids is 1. The van der Waals surface area contributed by atoms with E-state index in [9.17, 15) is 31.5 Å². The molecule has 1 aromatic heterocycles. The summed E-state index contributed by atoms with van der Waals surface area (Å²) in [4.78, 5) is 25.0. The number of fused-ring (bicyclic) bond motifs is 1. The van der Waals surface area contributed by atoms with Crippen LogP contribution in [0.5, 0.6) is 23.0 Å². The average molecular weight is 522 g/mol. The maximum atomic E-state index is 13.7. The van der Waals surface area contributed by atoms with Gasteiger partial charge in [-0.15, -0.1) is 0 Å². The summed E-state index contributed by atoms with van der Waals surface area (Å²) >= 11 is 0. The van der Waals surface area contributed by atoms with Gasteiger partial charge in [-0.25, -0.2) is 18.0 Å². The van der Waals surface area contributed by atoms with E-state index in [-0.39, 0.29) is 22.3 Å². The van der Waals surface area contributed by atoms with Gasteiger partial charge in [-0.2, -0.15) is 8.78 Å². The Morgan fingerprint density at radius 1 is 0.838 bits per heavy atom. The summed E-state index contributed by atoms with van der Waals surface area (Å²) in [6.07, 6.45) is 1.20. The zero-order valence-corrected chi connectivity index (χ0v) is 19.0. The highest BCUT2D eigenvalue weighted by Crippen LogP contribution is 2.32. The van der Waals surface area contributed by atoms with Gasteiger partial charge in [-0.3, -0.25) is 4.79 Å². The second-order valence-corrected chi connectivity index (χ2v) is 7.37. The van der Waals surface area contributed by atoms with Crippen LogP contribution < -0.4 is 24.4 Å². The molecule has 0 aliphatic rings. The van der Waals surface area contributed by atoms with Crippen molar-refractivity contribution in [1.29, 1.82) is 0 Å². The molecule has 7 nitrogen and oxygen atoms in total. The van der Waals surface area contributed by atoms with E-state index in [1.54, 1.807) is 18.2 Å². The highest BCUT2D eigenvalue weighted by atomic mass is 19.2. The van der Waals surface area contributed by atoms with Crippen LogP contribution in [0, 0.1) is 29.1 Å².